The van der Waals surface area contributed by atoms with E-state index in [4.69, 9.17) is 10.7 Å². The summed E-state index contributed by atoms with van der Waals surface area (Å²) in [4.78, 5) is 34.6. The van der Waals surface area contributed by atoms with Crippen LogP contribution in [-0.2, 0) is 6.54 Å². The summed E-state index contributed by atoms with van der Waals surface area (Å²) in [5.74, 6) is 0.269. The molecule has 0 spiro atoms. The number of anilines is 1. The molecule has 8 heteroatoms. The number of fused-ring (bicyclic) bond motifs is 2. The molecule has 0 saturated carbocycles. The SMILES string of the molecule is Nc1nc(-c2ccccc2)c(-c2ccc3ncccc3c2)nc1C(=O)NCc1nc2ccccc2[nH]1. The van der Waals surface area contributed by atoms with E-state index < -0.39 is 5.91 Å². The van der Waals surface area contributed by atoms with Crippen LogP contribution in [0.5, 0.6) is 0 Å². The Bertz CT molecular complexity index is 1690. The number of carbonyl (C=O) groups is 1. The molecule has 0 atom stereocenters. The van der Waals surface area contributed by atoms with Crippen molar-refractivity contribution in [3.05, 3.63) is 103 Å². The van der Waals surface area contributed by atoms with E-state index in [2.05, 4.69) is 25.3 Å². The van der Waals surface area contributed by atoms with Crippen molar-refractivity contribution in [2.75, 3.05) is 5.73 Å². The third-order valence-electron chi connectivity index (χ3n) is 5.92. The molecule has 3 heterocycles. The van der Waals surface area contributed by atoms with Crippen LogP contribution in [0.2, 0.25) is 0 Å². The molecule has 4 N–H and O–H groups in total. The highest BCUT2D eigenvalue weighted by Crippen LogP contribution is 2.32. The fraction of sp³-hybridized carbons (Fsp3) is 0.0357. The molecule has 0 saturated heterocycles. The summed E-state index contributed by atoms with van der Waals surface area (Å²) in [5.41, 5.74) is 11.8. The lowest BCUT2D eigenvalue weighted by Gasteiger charge is -2.13. The van der Waals surface area contributed by atoms with E-state index in [1.165, 1.54) is 0 Å². The molecule has 1 amide bonds. The second-order valence-electron chi connectivity index (χ2n) is 8.31. The number of benzene rings is 3. The lowest BCUT2D eigenvalue weighted by atomic mass is 10.0. The van der Waals surface area contributed by atoms with Crippen molar-refractivity contribution >= 4 is 33.7 Å². The van der Waals surface area contributed by atoms with Gasteiger partial charge < -0.3 is 16.0 Å². The van der Waals surface area contributed by atoms with Crippen molar-refractivity contribution in [2.45, 2.75) is 6.54 Å². The molecule has 0 unspecified atom stereocenters. The Morgan fingerprint density at radius 2 is 1.61 bits per heavy atom. The third kappa shape index (κ3) is 4.01. The minimum absolute atomic E-state index is 0.0576. The molecule has 0 fully saturated rings. The van der Waals surface area contributed by atoms with Gasteiger partial charge in [-0.05, 0) is 30.3 Å². The van der Waals surface area contributed by atoms with E-state index in [1.54, 1.807) is 6.20 Å². The summed E-state index contributed by atoms with van der Waals surface area (Å²) in [6.45, 7) is 0.200. The number of H-pyrrole nitrogens is 1. The molecule has 8 nitrogen and oxygen atoms in total. The topological polar surface area (TPSA) is 122 Å². The van der Waals surface area contributed by atoms with Crippen molar-refractivity contribution in [3.8, 4) is 22.5 Å². The number of nitrogens with one attached hydrogen (secondary N) is 2. The largest absolute Gasteiger partial charge is 0.382 e. The highest BCUT2D eigenvalue weighted by molar-refractivity contribution is 5.98. The van der Waals surface area contributed by atoms with Crippen LogP contribution in [0.1, 0.15) is 16.3 Å². The molecule has 3 aromatic heterocycles. The molecular formula is C28H21N7O. The normalized spacial score (nSPS) is 11.1. The van der Waals surface area contributed by atoms with E-state index in [1.807, 2.05) is 84.9 Å². The molecule has 0 aliphatic carbocycles. The number of aromatic nitrogens is 5. The average Bonchev–Trinajstić information content (AvgIpc) is 3.35. The van der Waals surface area contributed by atoms with Gasteiger partial charge >= 0.3 is 0 Å². The predicted octanol–water partition coefficient (Wildman–Crippen LogP) is 4.75. The van der Waals surface area contributed by atoms with Crippen LogP contribution in [0.4, 0.5) is 5.82 Å². The smallest absolute Gasteiger partial charge is 0.274 e. The Labute approximate surface area is 206 Å². The predicted molar refractivity (Wildman–Crippen MR) is 140 cm³/mol. The van der Waals surface area contributed by atoms with Gasteiger partial charge in [0, 0.05) is 22.7 Å². The summed E-state index contributed by atoms with van der Waals surface area (Å²) in [7, 11) is 0. The zero-order valence-corrected chi connectivity index (χ0v) is 19.1. The molecular weight excluding hydrogens is 450 g/mol. The van der Waals surface area contributed by atoms with Gasteiger partial charge in [-0.25, -0.2) is 15.0 Å². The zero-order chi connectivity index (χ0) is 24.5. The van der Waals surface area contributed by atoms with Gasteiger partial charge in [0.1, 0.15) is 5.82 Å². The van der Waals surface area contributed by atoms with Gasteiger partial charge in [0.2, 0.25) is 0 Å². The average molecular weight is 472 g/mol. The molecule has 3 aromatic carbocycles. The standard InChI is InChI=1S/C28H21N7O/c29-27-26(28(36)31-16-23-32-21-10-4-5-11-22(21)33-23)34-25(24(35-27)17-7-2-1-3-8-17)19-12-13-20-18(15-19)9-6-14-30-20/h1-15H,16H2,(H2,29,35)(H,31,36)(H,32,33). The monoisotopic (exact) mass is 471 g/mol. The van der Waals surface area contributed by atoms with Crippen LogP contribution in [-0.4, -0.2) is 30.8 Å². The zero-order valence-electron chi connectivity index (χ0n) is 19.1. The van der Waals surface area contributed by atoms with Crippen molar-refractivity contribution < 1.29 is 4.79 Å². The van der Waals surface area contributed by atoms with E-state index in [-0.39, 0.29) is 18.1 Å². The molecule has 36 heavy (non-hydrogen) atoms. The lowest BCUT2D eigenvalue weighted by Crippen LogP contribution is -2.26. The van der Waals surface area contributed by atoms with Gasteiger partial charge in [-0.3, -0.25) is 9.78 Å². The molecule has 6 aromatic rings. The fourth-order valence-corrected chi connectivity index (χ4v) is 4.17. The minimum Gasteiger partial charge on any atom is -0.382 e. The number of para-hydroxylation sites is 2. The van der Waals surface area contributed by atoms with Crippen molar-refractivity contribution in [3.63, 3.8) is 0 Å². The van der Waals surface area contributed by atoms with Gasteiger partial charge in [-0.15, -0.1) is 0 Å². The lowest BCUT2D eigenvalue weighted by molar-refractivity contribution is 0.0946. The third-order valence-corrected chi connectivity index (χ3v) is 5.92. The van der Waals surface area contributed by atoms with Gasteiger partial charge in [0.15, 0.2) is 11.5 Å². The van der Waals surface area contributed by atoms with E-state index in [0.717, 1.165) is 33.1 Å². The second-order valence-corrected chi connectivity index (χ2v) is 8.31. The first-order chi connectivity index (χ1) is 17.7. The Balaban J connectivity index is 1.39. The van der Waals surface area contributed by atoms with Crippen LogP contribution in [0.3, 0.4) is 0 Å². The molecule has 0 aliphatic heterocycles. The van der Waals surface area contributed by atoms with Gasteiger partial charge in [-0.2, -0.15) is 0 Å². The van der Waals surface area contributed by atoms with E-state index in [9.17, 15) is 4.79 Å². The maximum absolute atomic E-state index is 13.2. The maximum Gasteiger partial charge on any atom is 0.274 e. The van der Waals surface area contributed by atoms with Gasteiger partial charge in [0.05, 0.1) is 34.5 Å². The van der Waals surface area contributed by atoms with Crippen LogP contribution >= 0.6 is 0 Å². The number of nitrogen functional groups attached to an aromatic ring is 1. The summed E-state index contributed by atoms with van der Waals surface area (Å²) >= 11 is 0. The number of pyridine rings is 1. The first-order valence-electron chi connectivity index (χ1n) is 11.5. The Hall–Kier alpha value is -5.11. The summed E-state index contributed by atoms with van der Waals surface area (Å²) in [6.07, 6.45) is 1.75. The minimum atomic E-state index is -0.427. The Kier molecular flexibility index (Phi) is 5.31. The number of hydrogen-bond acceptors (Lipinski definition) is 6. The first kappa shape index (κ1) is 21.4. The molecule has 6 rings (SSSR count). The van der Waals surface area contributed by atoms with Crippen molar-refractivity contribution in [2.24, 2.45) is 0 Å². The number of hydrogen-bond donors (Lipinski definition) is 3. The molecule has 0 radical (unpaired) electrons. The highest BCUT2D eigenvalue weighted by atomic mass is 16.1. The number of imidazole rings is 1. The quantitative estimate of drug-likeness (QED) is 0.334. The summed E-state index contributed by atoms with van der Waals surface area (Å²) < 4.78 is 0. The van der Waals surface area contributed by atoms with E-state index in [0.29, 0.717) is 17.2 Å². The number of amides is 1. The number of carbonyl (C=O) groups excluding carboxylic acids is 1. The second kappa shape index (κ2) is 8.92. The van der Waals surface area contributed by atoms with Gasteiger partial charge in [-0.1, -0.05) is 54.6 Å². The first-order valence-corrected chi connectivity index (χ1v) is 11.5. The van der Waals surface area contributed by atoms with Crippen LogP contribution in [0, 0.1) is 0 Å². The van der Waals surface area contributed by atoms with Crippen molar-refractivity contribution in [1.29, 1.82) is 0 Å². The Morgan fingerprint density at radius 3 is 2.47 bits per heavy atom. The fourth-order valence-electron chi connectivity index (χ4n) is 4.17. The highest BCUT2D eigenvalue weighted by Gasteiger charge is 2.20. The van der Waals surface area contributed by atoms with Gasteiger partial charge in [0.25, 0.3) is 5.91 Å². The number of rotatable bonds is 5. The number of aromatic amines is 1. The molecule has 0 bridgehead atoms. The van der Waals surface area contributed by atoms with E-state index >= 15 is 0 Å². The van der Waals surface area contributed by atoms with Crippen LogP contribution in [0.15, 0.2) is 91.1 Å². The number of nitrogens with zero attached hydrogens (tertiary/aromatic N) is 4. The summed E-state index contributed by atoms with van der Waals surface area (Å²) in [6, 6.07) is 27.1. The Morgan fingerprint density at radius 1 is 0.806 bits per heavy atom. The maximum atomic E-state index is 13.2. The molecule has 0 aliphatic rings. The van der Waals surface area contributed by atoms with Crippen molar-refractivity contribution in [1.82, 2.24) is 30.2 Å². The van der Waals surface area contributed by atoms with Crippen LogP contribution < -0.4 is 11.1 Å². The molecule has 174 valence electrons. The number of nitrogens with two attached hydrogens (primary N) is 1. The summed E-state index contributed by atoms with van der Waals surface area (Å²) in [5, 5.41) is 3.82. The van der Waals surface area contributed by atoms with Crippen LogP contribution in [0.25, 0.3) is 44.5 Å².